The summed E-state index contributed by atoms with van der Waals surface area (Å²) < 4.78 is 0.995. The Balaban J connectivity index is 1.21. The van der Waals surface area contributed by atoms with E-state index in [1.807, 2.05) is 18.3 Å². The fourth-order valence-electron chi connectivity index (χ4n) is 6.14. The molecule has 7 rings (SSSR count). The van der Waals surface area contributed by atoms with Gasteiger partial charge in [0.25, 0.3) is 5.91 Å². The van der Waals surface area contributed by atoms with Crippen molar-refractivity contribution in [1.82, 2.24) is 14.9 Å². The lowest BCUT2D eigenvalue weighted by atomic mass is 9.84. The van der Waals surface area contributed by atoms with Crippen molar-refractivity contribution in [3.8, 4) is 0 Å². The zero-order chi connectivity index (χ0) is 27.1. The third-order valence-electron chi connectivity index (χ3n) is 7.92. The first-order chi connectivity index (χ1) is 19.6. The molecule has 0 unspecified atom stereocenters. The van der Waals surface area contributed by atoms with Crippen molar-refractivity contribution in [2.24, 2.45) is 0 Å². The second-order valence-electron chi connectivity index (χ2n) is 10.6. The number of H-pyrrole nitrogens is 1. The molecule has 40 heavy (non-hydrogen) atoms. The van der Waals surface area contributed by atoms with Gasteiger partial charge in [0, 0.05) is 47.0 Å². The smallest absolute Gasteiger partial charge is 0.264 e. The number of pyridine rings is 1. The largest absolute Gasteiger partial charge is 0.359 e. The predicted octanol–water partition coefficient (Wildman–Crippen LogP) is 8.27. The Kier molecular flexibility index (Phi) is 6.33. The fraction of sp³-hybridized carbons (Fsp3) is 0.176. The van der Waals surface area contributed by atoms with Crippen LogP contribution in [0.4, 0.5) is 11.4 Å². The molecule has 1 aliphatic heterocycles. The van der Waals surface area contributed by atoms with Gasteiger partial charge in [-0.05, 0) is 67.3 Å². The van der Waals surface area contributed by atoms with Crippen molar-refractivity contribution < 1.29 is 4.79 Å². The summed E-state index contributed by atoms with van der Waals surface area (Å²) in [6, 6.07) is 33.7. The third-order valence-corrected chi connectivity index (χ3v) is 9.06. The molecule has 0 aliphatic carbocycles. The monoisotopic (exact) mass is 542 g/mol. The molecule has 4 heterocycles. The maximum atomic E-state index is 14.1. The van der Waals surface area contributed by atoms with Gasteiger partial charge in [0.1, 0.15) is 0 Å². The van der Waals surface area contributed by atoms with E-state index in [1.54, 1.807) is 0 Å². The van der Waals surface area contributed by atoms with Crippen LogP contribution >= 0.6 is 11.3 Å². The summed E-state index contributed by atoms with van der Waals surface area (Å²) in [6.45, 7) is 2.83. The van der Waals surface area contributed by atoms with Crippen molar-refractivity contribution in [3.63, 3.8) is 0 Å². The van der Waals surface area contributed by atoms with Crippen LogP contribution in [0.1, 0.15) is 45.3 Å². The molecule has 0 spiro atoms. The Labute approximate surface area is 237 Å². The summed E-state index contributed by atoms with van der Waals surface area (Å²) in [7, 11) is 0. The Hall–Kier alpha value is -4.42. The Morgan fingerprint density at radius 1 is 0.975 bits per heavy atom. The van der Waals surface area contributed by atoms with Gasteiger partial charge in [-0.2, -0.15) is 0 Å². The van der Waals surface area contributed by atoms with Gasteiger partial charge in [-0.25, -0.2) is 0 Å². The summed E-state index contributed by atoms with van der Waals surface area (Å²) in [5.74, 6) is 0.225. The van der Waals surface area contributed by atoms with Crippen LogP contribution in [0.2, 0.25) is 0 Å². The molecule has 6 heteroatoms. The van der Waals surface area contributed by atoms with Gasteiger partial charge < -0.3 is 15.2 Å². The van der Waals surface area contributed by atoms with Gasteiger partial charge in [-0.15, -0.1) is 11.3 Å². The second-order valence-corrected chi connectivity index (χ2v) is 11.6. The fourth-order valence-corrected chi connectivity index (χ4v) is 7.18. The number of benzene rings is 3. The number of amides is 1. The van der Waals surface area contributed by atoms with Crippen molar-refractivity contribution in [2.75, 3.05) is 11.9 Å². The maximum absolute atomic E-state index is 14.1. The zero-order valence-corrected chi connectivity index (χ0v) is 23.1. The van der Waals surface area contributed by atoms with Gasteiger partial charge in [0.15, 0.2) is 0 Å². The van der Waals surface area contributed by atoms with E-state index in [2.05, 4.69) is 112 Å². The highest BCUT2D eigenvalue weighted by Crippen LogP contribution is 2.39. The van der Waals surface area contributed by atoms with Crippen molar-refractivity contribution in [2.45, 2.75) is 31.7 Å². The van der Waals surface area contributed by atoms with E-state index < -0.39 is 0 Å². The number of hydrogen-bond donors (Lipinski definition) is 2. The van der Waals surface area contributed by atoms with Gasteiger partial charge >= 0.3 is 0 Å². The number of aryl methyl sites for hydroxylation is 1. The summed E-state index contributed by atoms with van der Waals surface area (Å²) in [5, 5.41) is 4.74. The molecule has 198 valence electrons. The number of thiophene rings is 1. The first-order valence-electron chi connectivity index (χ1n) is 13.8. The van der Waals surface area contributed by atoms with Gasteiger partial charge in [0.2, 0.25) is 0 Å². The number of nitrogens with one attached hydrogen (secondary N) is 2. The minimum Gasteiger partial charge on any atom is -0.359 e. The highest BCUT2D eigenvalue weighted by Gasteiger charge is 2.37. The van der Waals surface area contributed by atoms with Gasteiger partial charge in [-0.1, -0.05) is 60.7 Å². The van der Waals surface area contributed by atoms with Crippen LogP contribution < -0.4 is 5.32 Å². The van der Waals surface area contributed by atoms with E-state index in [9.17, 15) is 4.79 Å². The number of aromatic amines is 1. The lowest BCUT2D eigenvalue weighted by Crippen LogP contribution is -2.39. The summed E-state index contributed by atoms with van der Waals surface area (Å²) in [5.41, 5.74) is 7.57. The van der Waals surface area contributed by atoms with E-state index in [0.29, 0.717) is 0 Å². The molecule has 3 aromatic carbocycles. The number of fused-ring (bicyclic) bond motifs is 2. The Morgan fingerprint density at radius 2 is 1.73 bits per heavy atom. The molecule has 5 nitrogen and oxygen atoms in total. The molecule has 1 amide bonds. The number of aromatic nitrogens is 2. The molecule has 0 saturated carbocycles. The van der Waals surface area contributed by atoms with Crippen LogP contribution in [0.3, 0.4) is 0 Å². The van der Waals surface area contributed by atoms with Crippen LogP contribution in [0.5, 0.6) is 0 Å². The Bertz CT molecular complexity index is 1770. The summed E-state index contributed by atoms with van der Waals surface area (Å²) in [4.78, 5) is 24.9. The van der Waals surface area contributed by atoms with E-state index in [0.717, 1.165) is 57.1 Å². The molecule has 0 radical (unpaired) electrons. The number of carbonyl (C=O) groups is 1. The molecule has 6 aromatic rings. The Morgan fingerprint density at radius 3 is 2.48 bits per heavy atom. The molecular weight excluding hydrogens is 512 g/mol. The van der Waals surface area contributed by atoms with Crippen LogP contribution in [0.25, 0.3) is 21.1 Å². The van der Waals surface area contributed by atoms with E-state index in [4.69, 9.17) is 0 Å². The molecular formula is C34H30N4OS. The molecule has 1 atom stereocenters. The quantitative estimate of drug-likeness (QED) is 0.223. The maximum Gasteiger partial charge on any atom is 0.264 e. The number of carbonyl (C=O) groups excluding carboxylic acids is 1. The number of likely N-dealkylation sites (tertiary alicyclic amines) is 1. The van der Waals surface area contributed by atoms with Crippen LogP contribution in [-0.2, 0) is 0 Å². The molecule has 1 saturated heterocycles. The lowest BCUT2D eigenvalue weighted by molar-refractivity contribution is 0.0730. The predicted molar refractivity (Wildman–Crippen MR) is 165 cm³/mol. The highest BCUT2D eigenvalue weighted by atomic mass is 32.1. The van der Waals surface area contributed by atoms with Crippen LogP contribution in [0, 0.1) is 6.92 Å². The topological polar surface area (TPSA) is 61.0 Å². The minimum absolute atomic E-state index is 0.0949. The average Bonchev–Trinajstić information content (AvgIpc) is 3.72. The van der Waals surface area contributed by atoms with Crippen LogP contribution in [-0.4, -0.2) is 33.4 Å². The van der Waals surface area contributed by atoms with Crippen LogP contribution in [0.15, 0.2) is 103 Å². The van der Waals surface area contributed by atoms with E-state index in [1.165, 1.54) is 27.8 Å². The van der Waals surface area contributed by atoms with E-state index in [-0.39, 0.29) is 17.9 Å². The van der Waals surface area contributed by atoms with E-state index >= 15 is 0 Å². The summed E-state index contributed by atoms with van der Waals surface area (Å²) in [6.07, 6.45) is 3.80. The molecule has 2 N–H and O–H groups in total. The standard InChI is InChI=1S/C34H30N4OS/c1-22-19-25-20-26(14-15-27(25)36-22)37-28-16-17-35-29-21-31(40-33(28)29)34(39)38-18-8-13-30(38)32(23-9-4-2-5-10-23)24-11-6-3-7-12-24/h2-7,9-12,14-17,19-21,30,32,36H,8,13,18H2,1H3,(H,35,37)/t30-/m0/s1. The first-order valence-corrected chi connectivity index (χ1v) is 14.6. The van der Waals surface area contributed by atoms with Gasteiger partial charge in [0.05, 0.1) is 20.8 Å². The van der Waals surface area contributed by atoms with Crippen molar-refractivity contribution in [3.05, 3.63) is 125 Å². The third kappa shape index (κ3) is 4.54. The molecule has 1 aliphatic rings. The number of hydrogen-bond acceptors (Lipinski definition) is 4. The zero-order valence-electron chi connectivity index (χ0n) is 22.3. The molecule has 1 fully saturated rings. The van der Waals surface area contributed by atoms with Crippen molar-refractivity contribution >= 4 is 49.7 Å². The molecule has 3 aromatic heterocycles. The van der Waals surface area contributed by atoms with Crippen molar-refractivity contribution in [1.29, 1.82) is 0 Å². The first kappa shape index (κ1) is 24.6. The number of nitrogens with zero attached hydrogens (tertiary/aromatic N) is 2. The van der Waals surface area contributed by atoms with Gasteiger partial charge in [-0.3, -0.25) is 9.78 Å². The highest BCUT2D eigenvalue weighted by molar-refractivity contribution is 7.21. The normalized spacial score (nSPS) is 15.3. The number of rotatable bonds is 6. The minimum atomic E-state index is 0.0949. The SMILES string of the molecule is Cc1cc2cc(Nc3ccnc4cc(C(=O)N5CCC[C@H]5C(c5ccccc5)c5ccccc5)sc34)ccc2[nH]1. The summed E-state index contributed by atoms with van der Waals surface area (Å²) >= 11 is 1.53. The number of anilines is 2. The molecule has 0 bridgehead atoms. The lowest BCUT2D eigenvalue weighted by Gasteiger charge is -2.32. The average molecular weight is 543 g/mol. The second kappa shape index (κ2) is 10.3.